The first-order chi connectivity index (χ1) is 36.9. The number of ether oxygens (including phenoxy) is 6. The molecule has 6 aliphatic rings. The monoisotopic (exact) mass is 1090 g/mol. The number of fused-ring (bicyclic) bond motifs is 6. The predicted octanol–water partition coefficient (Wildman–Crippen LogP) is 1.07. The molecule has 0 saturated carbocycles. The van der Waals surface area contributed by atoms with E-state index in [-0.39, 0.29) is 86.8 Å². The van der Waals surface area contributed by atoms with Gasteiger partial charge in [0.1, 0.15) is 46.7 Å². The highest BCUT2D eigenvalue weighted by atomic mass is 16.7. The van der Waals surface area contributed by atoms with Crippen LogP contribution in [0.25, 0.3) is 0 Å². The number of phenolic OH excluding ortho intramolecular Hbond substituents is 4. The quantitative estimate of drug-likeness (QED) is 0.0854. The van der Waals surface area contributed by atoms with Crippen LogP contribution in [0.3, 0.4) is 0 Å². The Balaban J connectivity index is 0.000000190. The molecule has 2 saturated heterocycles. The molecule has 4 aromatic rings. The molecule has 4 aliphatic carbocycles. The largest absolute Gasteiger partial charge is 0.507 e. The van der Waals surface area contributed by atoms with Gasteiger partial charge in [0.25, 0.3) is 0 Å². The summed E-state index contributed by atoms with van der Waals surface area (Å²) in [5.41, 5.74) is 5.85. The standard InChI is InChI=1S/C28H33NO10.C27H29NO11/c1-11-7-18(38-12(2)23(11)31)39-16-9-28(36,17(29)10-30)8-14-20(16)27(35)22-21(25(14)33)24(32)13-5-4-6-15(37-3)19(13)26(22)34;1-10-22(31)13(28)6-17(38-10)39-15-8-27(36,16(30)9-29)7-12-19(15)26(35)21-20(24(12)33)23(32)11-4-3-5-14(37-2)18(11)25(21)34/h4-6,11-12,16-18,23,30-31,33,35-36H,7-10,29H2,1-3H3;3-5,10,13,15,17,22,29,31,33,35-36H,6-9,28H2,1-2H3. The number of Topliss-reactive ketones (excluding diaryl/α,β-unsaturated/α-hetero) is 1. The van der Waals surface area contributed by atoms with Crippen molar-refractivity contribution in [3.63, 3.8) is 0 Å². The van der Waals surface area contributed by atoms with Gasteiger partial charge in [-0.05, 0) is 31.9 Å². The van der Waals surface area contributed by atoms with E-state index in [9.17, 15) is 75.0 Å². The molecule has 23 heteroatoms. The van der Waals surface area contributed by atoms with Gasteiger partial charge in [0.2, 0.25) is 11.6 Å². The number of phenols is 4. The van der Waals surface area contributed by atoms with Crippen LogP contribution in [0.2, 0.25) is 0 Å². The molecule has 14 N–H and O–H groups in total. The fraction of sp³-hybridized carbons (Fsp3) is 0.473. The maximum atomic E-state index is 13.7. The first kappa shape index (κ1) is 56.3. The number of aromatic hydroxyl groups is 4. The number of methoxy groups -OCH3 is 2. The number of ketones is 5. The molecule has 0 bridgehead atoms. The summed E-state index contributed by atoms with van der Waals surface area (Å²) in [6, 6.07) is 6.97. The van der Waals surface area contributed by atoms with Gasteiger partial charge < -0.3 is 91.0 Å². The van der Waals surface area contributed by atoms with E-state index in [0.29, 0.717) is 6.42 Å². The Morgan fingerprint density at radius 3 is 1.55 bits per heavy atom. The third kappa shape index (κ3) is 9.10. The van der Waals surface area contributed by atoms with Crippen LogP contribution in [0.1, 0.15) is 145 Å². The molecule has 13 atom stereocenters. The van der Waals surface area contributed by atoms with E-state index in [4.69, 9.17) is 39.9 Å². The van der Waals surface area contributed by atoms with E-state index < -0.39 is 167 Å². The molecule has 10 rings (SSSR count). The van der Waals surface area contributed by atoms with Crippen LogP contribution in [0.5, 0.6) is 34.5 Å². The van der Waals surface area contributed by atoms with Gasteiger partial charge in [0.15, 0.2) is 29.9 Å². The molecule has 2 heterocycles. The number of aliphatic hydroxyl groups is 6. The normalized spacial score (nSPS) is 30.3. The van der Waals surface area contributed by atoms with Crippen LogP contribution in [0, 0.1) is 5.92 Å². The summed E-state index contributed by atoms with van der Waals surface area (Å²) in [4.78, 5) is 67.0. The average Bonchev–Trinajstić information content (AvgIpc) is 3.59. The average molecular weight is 1090 g/mol. The minimum absolute atomic E-state index is 0.00423. The number of aliphatic hydroxyl groups excluding tert-OH is 4. The predicted molar refractivity (Wildman–Crippen MR) is 268 cm³/mol. The van der Waals surface area contributed by atoms with Crippen molar-refractivity contribution in [2.45, 2.75) is 132 Å². The second-order valence-electron chi connectivity index (χ2n) is 20.9. The highest BCUT2D eigenvalue weighted by Gasteiger charge is 2.52. The Morgan fingerprint density at radius 2 is 1.10 bits per heavy atom. The summed E-state index contributed by atoms with van der Waals surface area (Å²) < 4.78 is 34.3. The molecule has 23 nitrogen and oxygen atoms in total. The van der Waals surface area contributed by atoms with E-state index in [1.807, 2.05) is 6.92 Å². The number of benzene rings is 4. The Hall–Kier alpha value is -6.45. The first-order valence-electron chi connectivity index (χ1n) is 25.3. The molecule has 13 unspecified atom stereocenters. The minimum Gasteiger partial charge on any atom is -0.507 e. The van der Waals surface area contributed by atoms with Crippen molar-refractivity contribution in [1.82, 2.24) is 0 Å². The lowest BCUT2D eigenvalue weighted by atomic mass is 9.71. The van der Waals surface area contributed by atoms with Gasteiger partial charge in [0, 0.05) is 77.9 Å². The van der Waals surface area contributed by atoms with Crippen molar-refractivity contribution in [1.29, 1.82) is 0 Å². The lowest BCUT2D eigenvalue weighted by Crippen LogP contribution is -2.55. The van der Waals surface area contributed by atoms with E-state index >= 15 is 0 Å². The Morgan fingerprint density at radius 1 is 0.654 bits per heavy atom. The molecular weight excluding hydrogens is 1020 g/mol. The van der Waals surface area contributed by atoms with E-state index in [1.165, 1.54) is 50.6 Å². The van der Waals surface area contributed by atoms with Gasteiger partial charge in [-0.3, -0.25) is 24.0 Å². The fourth-order valence-corrected chi connectivity index (χ4v) is 11.8. The van der Waals surface area contributed by atoms with Gasteiger partial charge in [-0.25, -0.2) is 0 Å². The Labute approximate surface area is 445 Å². The smallest absolute Gasteiger partial charge is 0.202 e. The maximum absolute atomic E-state index is 13.7. The van der Waals surface area contributed by atoms with Crippen molar-refractivity contribution in [3.05, 3.63) is 103 Å². The summed E-state index contributed by atoms with van der Waals surface area (Å²) >= 11 is 0. The SMILES string of the molecule is COc1cccc2c1C(=O)c1c(O)c3c(c(O)c1C2=O)CC(O)(C(=O)CO)CC3OC1CC(N)C(O)C(C)O1.COc1cccc2c1C(=O)c1c(O)c3c(c(O)c1C2=O)CC(O)(C(N)CO)CC3OC1CC(C)C(O)C(C)O1. The third-order valence-electron chi connectivity index (χ3n) is 16.1. The van der Waals surface area contributed by atoms with Gasteiger partial charge in [-0.15, -0.1) is 0 Å². The van der Waals surface area contributed by atoms with Crippen LogP contribution in [0.4, 0.5) is 0 Å². The topological polar surface area (TPSA) is 395 Å². The second-order valence-corrected chi connectivity index (χ2v) is 20.9. The maximum Gasteiger partial charge on any atom is 0.202 e. The molecule has 0 amide bonds. The number of hydrogen-bond acceptors (Lipinski definition) is 23. The summed E-state index contributed by atoms with van der Waals surface area (Å²) in [6.45, 7) is 3.51. The molecular formula is C55H62N2O21. The van der Waals surface area contributed by atoms with Crippen LogP contribution in [-0.4, -0.2) is 168 Å². The number of carbonyl (C=O) groups is 5. The fourth-order valence-electron chi connectivity index (χ4n) is 11.8. The van der Waals surface area contributed by atoms with Crippen LogP contribution < -0.4 is 20.9 Å². The van der Waals surface area contributed by atoms with Gasteiger partial charge in [-0.1, -0.05) is 31.2 Å². The van der Waals surface area contributed by atoms with Crippen LogP contribution in [0.15, 0.2) is 36.4 Å². The van der Waals surface area contributed by atoms with Crippen molar-refractivity contribution >= 4 is 28.9 Å². The zero-order valence-electron chi connectivity index (χ0n) is 43.1. The summed E-state index contributed by atoms with van der Waals surface area (Å²) in [5, 5.41) is 108. The molecule has 0 spiro atoms. The minimum atomic E-state index is -2.24. The Kier molecular flexibility index (Phi) is 15.1. The van der Waals surface area contributed by atoms with Crippen molar-refractivity contribution < 1.29 is 103 Å². The van der Waals surface area contributed by atoms with Crippen molar-refractivity contribution in [3.8, 4) is 34.5 Å². The lowest BCUT2D eigenvalue weighted by molar-refractivity contribution is -0.256. The molecule has 0 radical (unpaired) electrons. The van der Waals surface area contributed by atoms with E-state index in [1.54, 1.807) is 13.8 Å². The van der Waals surface area contributed by atoms with Gasteiger partial charge >= 0.3 is 0 Å². The number of rotatable bonds is 10. The number of nitrogens with two attached hydrogens (primary N) is 2. The van der Waals surface area contributed by atoms with Gasteiger partial charge in [-0.2, -0.15) is 0 Å². The molecule has 0 aromatic heterocycles. The zero-order valence-corrected chi connectivity index (χ0v) is 43.1. The molecule has 4 aromatic carbocycles. The van der Waals surface area contributed by atoms with Crippen LogP contribution >= 0.6 is 0 Å². The highest BCUT2D eigenvalue weighted by Crippen LogP contribution is 2.55. The zero-order chi connectivity index (χ0) is 56.8. The summed E-state index contributed by atoms with van der Waals surface area (Å²) in [6.07, 6.45) is -8.64. The van der Waals surface area contributed by atoms with Crippen molar-refractivity contribution in [2.75, 3.05) is 27.4 Å². The molecule has 2 aliphatic heterocycles. The van der Waals surface area contributed by atoms with Gasteiger partial charge in [0.05, 0.1) is 102 Å². The van der Waals surface area contributed by atoms with E-state index in [0.717, 1.165) is 0 Å². The molecule has 2 fully saturated rings. The summed E-state index contributed by atoms with van der Waals surface area (Å²) in [7, 11) is 2.67. The second kappa shape index (κ2) is 21.0. The molecule has 418 valence electrons. The van der Waals surface area contributed by atoms with Crippen molar-refractivity contribution in [2.24, 2.45) is 17.4 Å². The first-order valence-corrected chi connectivity index (χ1v) is 25.3. The third-order valence-corrected chi connectivity index (χ3v) is 16.1. The highest BCUT2D eigenvalue weighted by molar-refractivity contribution is 6.32. The van der Waals surface area contributed by atoms with Crippen LogP contribution in [-0.2, 0) is 36.6 Å². The Bertz CT molecular complexity index is 3120. The lowest BCUT2D eigenvalue weighted by Gasteiger charge is -2.44. The molecule has 78 heavy (non-hydrogen) atoms. The number of carbonyl (C=O) groups excluding carboxylic acids is 5. The van der Waals surface area contributed by atoms with E-state index in [2.05, 4.69) is 0 Å². The summed E-state index contributed by atoms with van der Waals surface area (Å²) in [5.74, 6) is -6.37. The number of hydrogen-bond donors (Lipinski definition) is 12.